The van der Waals surface area contributed by atoms with Gasteiger partial charge in [0.15, 0.2) is 0 Å². The molecule has 0 unspecified atom stereocenters. The fourth-order valence-electron chi connectivity index (χ4n) is 3.21. The molecule has 0 amide bonds. The van der Waals surface area contributed by atoms with Gasteiger partial charge < -0.3 is 9.76 Å². The topological polar surface area (TPSA) is 29.5 Å². The van der Waals surface area contributed by atoms with E-state index >= 15 is 0 Å². The van der Waals surface area contributed by atoms with E-state index in [1.54, 1.807) is 0 Å². The van der Waals surface area contributed by atoms with E-state index in [1.807, 2.05) is 44.2 Å². The smallest absolute Gasteiger partial charge is 0.0810 e. The average Bonchev–Trinajstić information content (AvgIpc) is 2.71. The van der Waals surface area contributed by atoms with Crippen molar-refractivity contribution in [2.45, 2.75) is 38.9 Å². The maximum absolute atomic E-state index is 10.5. The van der Waals surface area contributed by atoms with Crippen LogP contribution in [0.1, 0.15) is 38.8 Å². The second kappa shape index (κ2) is 4.72. The predicted molar refractivity (Wildman–Crippen MR) is 87.3 cm³/mol. The van der Waals surface area contributed by atoms with Gasteiger partial charge >= 0.3 is 0 Å². The fraction of sp³-hybridized carbons (Fsp3) is 0.333. The maximum atomic E-state index is 10.5. The summed E-state index contributed by atoms with van der Waals surface area (Å²) in [5.74, 6) is 0. The zero-order chi connectivity index (χ0) is 15.3. The molecule has 109 valence electrons. The number of rotatable bonds is 2. The highest BCUT2D eigenvalue weighted by Gasteiger charge is 2.31. The monoisotopic (exact) mass is 280 g/mol. The Hall–Kier alpha value is -1.58. The molecule has 0 spiro atoms. The number of hydrogen-bond donors (Lipinski definition) is 1. The Labute approximate surface area is 126 Å². The molecule has 3 heteroatoms. The number of hydrogen-bond acceptors (Lipinski definition) is 2. The highest BCUT2D eigenvalue weighted by Crippen LogP contribution is 2.31. The Balaban J connectivity index is 2.16. The minimum Gasteiger partial charge on any atom is -0.603 e. The molecule has 1 N–H and O–H groups in total. The Bertz CT molecular complexity index is 671. The van der Waals surface area contributed by atoms with Gasteiger partial charge in [0.2, 0.25) is 0 Å². The van der Waals surface area contributed by atoms with E-state index in [1.165, 1.54) is 11.0 Å². The number of benzene rings is 2. The quantitative estimate of drug-likeness (QED) is 0.855. The molecule has 0 fully saturated rings. The first-order valence-corrected chi connectivity index (χ1v) is 7.40. The molecular formula is C18H21BO2-. The van der Waals surface area contributed by atoms with E-state index < -0.39 is 5.60 Å². The maximum Gasteiger partial charge on any atom is 0.0810 e. The largest absolute Gasteiger partial charge is 0.603 e. The highest BCUT2D eigenvalue weighted by atomic mass is 16.5. The van der Waals surface area contributed by atoms with Crippen LogP contribution in [-0.2, 0) is 15.9 Å². The third-order valence-electron chi connectivity index (χ3n) is 4.21. The molecule has 1 aliphatic rings. The molecule has 1 heterocycles. The summed E-state index contributed by atoms with van der Waals surface area (Å²) in [6, 6.07) is 16.3. The van der Waals surface area contributed by atoms with Gasteiger partial charge in [-0.25, -0.2) is 10.9 Å². The van der Waals surface area contributed by atoms with Crippen molar-refractivity contribution >= 4 is 17.8 Å². The summed E-state index contributed by atoms with van der Waals surface area (Å²) in [4.78, 5) is 0. The lowest BCUT2D eigenvalue weighted by Crippen LogP contribution is -2.46. The van der Waals surface area contributed by atoms with Crippen LogP contribution in [-0.4, -0.2) is 12.0 Å². The van der Waals surface area contributed by atoms with Gasteiger partial charge in [0, 0.05) is 5.60 Å². The molecule has 2 aromatic rings. The Morgan fingerprint density at radius 3 is 2.19 bits per heavy atom. The zero-order valence-corrected chi connectivity index (χ0v) is 13.1. The van der Waals surface area contributed by atoms with Crippen molar-refractivity contribution in [1.29, 1.82) is 0 Å². The summed E-state index contributed by atoms with van der Waals surface area (Å²) >= 11 is 0. The van der Waals surface area contributed by atoms with Crippen LogP contribution in [0.15, 0.2) is 48.5 Å². The van der Waals surface area contributed by atoms with Gasteiger partial charge in [-0.15, -0.1) is 0 Å². The lowest BCUT2D eigenvalue weighted by Gasteiger charge is -2.35. The van der Waals surface area contributed by atoms with Crippen LogP contribution in [0.5, 0.6) is 0 Å². The summed E-state index contributed by atoms with van der Waals surface area (Å²) in [6.07, 6.45) is 0. The zero-order valence-electron chi connectivity index (χ0n) is 13.1. The van der Waals surface area contributed by atoms with Crippen molar-refractivity contribution in [2.75, 3.05) is 0 Å². The second-order valence-electron chi connectivity index (χ2n) is 6.74. The molecule has 2 aromatic carbocycles. The van der Waals surface area contributed by atoms with Gasteiger partial charge in [0.1, 0.15) is 0 Å². The SMILES string of the molecule is CC(C)(O)c1ccccc1[B-]1OC(C)(C)c2ccccc21. The first kappa shape index (κ1) is 14.4. The Morgan fingerprint density at radius 1 is 0.952 bits per heavy atom. The van der Waals surface area contributed by atoms with E-state index in [9.17, 15) is 5.11 Å². The molecule has 1 radical (unpaired) electrons. The summed E-state index contributed by atoms with van der Waals surface area (Å²) < 4.78 is 6.33. The van der Waals surface area contributed by atoms with Crippen LogP contribution in [0, 0.1) is 0 Å². The van der Waals surface area contributed by atoms with E-state index in [0.29, 0.717) is 0 Å². The molecule has 2 nitrogen and oxygen atoms in total. The van der Waals surface area contributed by atoms with Crippen LogP contribution < -0.4 is 10.9 Å². The Kier molecular flexibility index (Phi) is 3.23. The van der Waals surface area contributed by atoms with E-state index in [-0.39, 0.29) is 12.5 Å². The standard InChI is InChI=1S/C18H21BO2/c1-17(2,20)13-9-5-7-11-15(13)19-16-12-8-6-10-14(16)18(3,4)21-19/h5-12,20H,1-4H3/q-1. The lowest BCUT2D eigenvalue weighted by molar-refractivity contribution is 0.0789. The summed E-state index contributed by atoms with van der Waals surface area (Å²) in [5, 5.41) is 10.5. The van der Waals surface area contributed by atoms with E-state index in [0.717, 1.165) is 11.0 Å². The molecule has 0 aliphatic carbocycles. The molecule has 0 saturated heterocycles. The van der Waals surface area contributed by atoms with Crippen molar-refractivity contribution < 1.29 is 9.76 Å². The van der Waals surface area contributed by atoms with Crippen LogP contribution in [0.4, 0.5) is 0 Å². The second-order valence-corrected chi connectivity index (χ2v) is 6.74. The van der Waals surface area contributed by atoms with Crippen molar-refractivity contribution in [1.82, 2.24) is 0 Å². The van der Waals surface area contributed by atoms with Crippen LogP contribution in [0.3, 0.4) is 0 Å². The molecule has 0 saturated carbocycles. The number of fused-ring (bicyclic) bond motifs is 1. The molecule has 21 heavy (non-hydrogen) atoms. The lowest BCUT2D eigenvalue weighted by atomic mass is 9.53. The fourth-order valence-corrected chi connectivity index (χ4v) is 3.21. The minimum atomic E-state index is -0.887. The van der Waals surface area contributed by atoms with Crippen molar-refractivity contribution in [2.24, 2.45) is 0 Å². The first-order valence-electron chi connectivity index (χ1n) is 7.40. The first-order chi connectivity index (χ1) is 9.81. The summed E-state index contributed by atoms with van der Waals surface area (Å²) in [6.45, 7) is 7.70. The summed E-state index contributed by atoms with van der Waals surface area (Å²) in [5.41, 5.74) is 3.18. The summed E-state index contributed by atoms with van der Waals surface area (Å²) in [7, 11) is 0. The van der Waals surface area contributed by atoms with Crippen LogP contribution in [0.25, 0.3) is 0 Å². The normalized spacial score (nSPS) is 17.8. The third kappa shape index (κ3) is 2.41. The van der Waals surface area contributed by atoms with Gasteiger partial charge in [0.05, 0.1) is 12.5 Å². The predicted octanol–water partition coefficient (Wildman–Crippen LogP) is 2.29. The molecule has 1 aliphatic heterocycles. The Morgan fingerprint density at radius 2 is 1.52 bits per heavy atom. The molecule has 0 atom stereocenters. The van der Waals surface area contributed by atoms with Gasteiger partial charge in [0.25, 0.3) is 0 Å². The molecule has 0 aromatic heterocycles. The minimum absolute atomic E-state index is 0.126. The van der Waals surface area contributed by atoms with Gasteiger partial charge in [-0.2, -0.15) is 0 Å². The third-order valence-corrected chi connectivity index (χ3v) is 4.21. The van der Waals surface area contributed by atoms with Crippen molar-refractivity contribution in [3.05, 3.63) is 59.7 Å². The van der Waals surface area contributed by atoms with E-state index in [4.69, 9.17) is 4.65 Å². The van der Waals surface area contributed by atoms with Gasteiger partial charge in [-0.1, -0.05) is 59.7 Å². The van der Waals surface area contributed by atoms with Crippen molar-refractivity contribution in [3.63, 3.8) is 0 Å². The van der Waals surface area contributed by atoms with E-state index in [2.05, 4.69) is 32.0 Å². The molecule has 0 bridgehead atoms. The van der Waals surface area contributed by atoms with Crippen molar-refractivity contribution in [3.8, 4) is 0 Å². The van der Waals surface area contributed by atoms with Gasteiger partial charge in [-0.05, 0) is 27.7 Å². The van der Waals surface area contributed by atoms with Crippen LogP contribution in [0.2, 0.25) is 0 Å². The number of aliphatic hydroxyl groups is 1. The average molecular weight is 280 g/mol. The molecule has 3 rings (SSSR count). The van der Waals surface area contributed by atoms with Crippen LogP contribution >= 0.6 is 0 Å². The highest BCUT2D eigenvalue weighted by molar-refractivity contribution is 6.81. The molecular weight excluding hydrogens is 259 g/mol. The van der Waals surface area contributed by atoms with Gasteiger partial charge in [-0.3, -0.25) is 0 Å².